The van der Waals surface area contributed by atoms with E-state index >= 15 is 0 Å². The minimum Gasteiger partial charge on any atom is -0.352 e. The number of aromatic nitrogens is 1. The molecule has 3 rings (SSSR count). The SMILES string of the molecule is CN(CCc1ccncc1)C(=O)C1CCC(C(=O)NCc2ccccc2F)CC1. The molecule has 1 aromatic carbocycles. The highest BCUT2D eigenvalue weighted by Gasteiger charge is 2.31. The molecule has 0 spiro atoms. The number of carbonyl (C=O) groups excluding carboxylic acids is 2. The van der Waals surface area contributed by atoms with E-state index < -0.39 is 0 Å². The maximum Gasteiger partial charge on any atom is 0.225 e. The summed E-state index contributed by atoms with van der Waals surface area (Å²) in [7, 11) is 1.84. The van der Waals surface area contributed by atoms with E-state index in [4.69, 9.17) is 0 Å². The Labute approximate surface area is 171 Å². The van der Waals surface area contributed by atoms with Gasteiger partial charge in [0.15, 0.2) is 0 Å². The van der Waals surface area contributed by atoms with Crippen LogP contribution in [-0.2, 0) is 22.6 Å². The van der Waals surface area contributed by atoms with Crippen LogP contribution in [0.1, 0.15) is 36.8 Å². The Morgan fingerprint density at radius 3 is 2.41 bits per heavy atom. The molecule has 29 heavy (non-hydrogen) atoms. The summed E-state index contributed by atoms with van der Waals surface area (Å²) in [5.74, 6) is -0.327. The van der Waals surface area contributed by atoms with Gasteiger partial charge >= 0.3 is 0 Å². The van der Waals surface area contributed by atoms with Gasteiger partial charge in [0.1, 0.15) is 5.82 Å². The Kier molecular flexibility index (Phi) is 7.33. The third-order valence-corrected chi connectivity index (χ3v) is 5.72. The van der Waals surface area contributed by atoms with Crippen LogP contribution >= 0.6 is 0 Å². The molecule has 0 bridgehead atoms. The Morgan fingerprint density at radius 1 is 1.07 bits per heavy atom. The van der Waals surface area contributed by atoms with Gasteiger partial charge in [0, 0.05) is 49.9 Å². The zero-order valence-electron chi connectivity index (χ0n) is 16.8. The minimum atomic E-state index is -0.308. The Balaban J connectivity index is 1.41. The van der Waals surface area contributed by atoms with Crippen molar-refractivity contribution in [2.75, 3.05) is 13.6 Å². The van der Waals surface area contributed by atoms with Crippen molar-refractivity contribution in [3.05, 3.63) is 65.7 Å². The number of hydrogen-bond donors (Lipinski definition) is 1. The van der Waals surface area contributed by atoms with Crippen LogP contribution in [0.2, 0.25) is 0 Å². The molecule has 1 aliphatic rings. The van der Waals surface area contributed by atoms with E-state index in [9.17, 15) is 14.0 Å². The first kappa shape index (κ1) is 21.0. The standard InChI is InChI=1S/C23H28FN3O2/c1-27(15-12-17-10-13-25-14-11-17)23(29)19-8-6-18(7-9-19)22(28)26-16-20-4-2-3-5-21(20)24/h2-5,10-11,13-14,18-19H,6-9,12,15-16H2,1H3,(H,26,28). The van der Waals surface area contributed by atoms with E-state index in [1.807, 2.05) is 19.2 Å². The Bertz CT molecular complexity index is 820. The monoisotopic (exact) mass is 397 g/mol. The van der Waals surface area contributed by atoms with Gasteiger partial charge < -0.3 is 10.2 Å². The number of benzene rings is 1. The van der Waals surface area contributed by atoms with Gasteiger partial charge in [0.05, 0.1) is 0 Å². The lowest BCUT2D eigenvalue weighted by Crippen LogP contribution is -2.38. The third kappa shape index (κ3) is 5.86. The van der Waals surface area contributed by atoms with Crippen LogP contribution in [-0.4, -0.2) is 35.3 Å². The fourth-order valence-electron chi connectivity index (χ4n) is 3.84. The summed E-state index contributed by atoms with van der Waals surface area (Å²) in [4.78, 5) is 30.9. The van der Waals surface area contributed by atoms with Crippen molar-refractivity contribution >= 4 is 11.8 Å². The molecule has 2 aromatic rings. The van der Waals surface area contributed by atoms with Crippen LogP contribution in [0.3, 0.4) is 0 Å². The maximum atomic E-state index is 13.7. The predicted octanol–water partition coefficient (Wildman–Crippen LogP) is 3.34. The second-order valence-electron chi connectivity index (χ2n) is 7.72. The molecule has 5 nitrogen and oxygen atoms in total. The number of pyridine rings is 1. The molecule has 154 valence electrons. The van der Waals surface area contributed by atoms with E-state index in [1.54, 1.807) is 35.5 Å². The molecule has 1 fully saturated rings. The first-order chi connectivity index (χ1) is 14.0. The molecular weight excluding hydrogens is 369 g/mol. The number of nitrogens with one attached hydrogen (secondary N) is 1. The van der Waals surface area contributed by atoms with Gasteiger partial charge in [-0.15, -0.1) is 0 Å². The minimum absolute atomic E-state index is 0.0203. The second kappa shape index (κ2) is 10.1. The highest BCUT2D eigenvalue weighted by molar-refractivity contribution is 5.81. The third-order valence-electron chi connectivity index (χ3n) is 5.72. The molecule has 1 aromatic heterocycles. The first-order valence-corrected chi connectivity index (χ1v) is 10.2. The van der Waals surface area contributed by atoms with E-state index in [0.717, 1.165) is 24.8 Å². The average molecular weight is 397 g/mol. The van der Waals surface area contributed by atoms with Crippen molar-refractivity contribution in [1.82, 2.24) is 15.2 Å². The molecule has 0 atom stereocenters. The number of carbonyl (C=O) groups is 2. The van der Waals surface area contributed by atoms with Gasteiger partial charge in [-0.2, -0.15) is 0 Å². The summed E-state index contributed by atoms with van der Waals surface area (Å²) in [5.41, 5.74) is 1.65. The van der Waals surface area contributed by atoms with Crippen LogP contribution < -0.4 is 5.32 Å². The van der Waals surface area contributed by atoms with Gasteiger partial charge in [-0.05, 0) is 55.9 Å². The first-order valence-electron chi connectivity index (χ1n) is 10.2. The summed E-state index contributed by atoms with van der Waals surface area (Å²) in [5, 5.41) is 2.84. The fraction of sp³-hybridized carbons (Fsp3) is 0.435. The van der Waals surface area contributed by atoms with Gasteiger partial charge in [-0.25, -0.2) is 4.39 Å². The zero-order chi connectivity index (χ0) is 20.6. The molecule has 2 amide bonds. The van der Waals surface area contributed by atoms with E-state index in [2.05, 4.69) is 10.3 Å². The van der Waals surface area contributed by atoms with E-state index in [0.29, 0.717) is 24.9 Å². The summed E-state index contributed by atoms with van der Waals surface area (Å²) in [6.45, 7) is 0.869. The van der Waals surface area contributed by atoms with Gasteiger partial charge in [0.25, 0.3) is 0 Å². The number of nitrogens with zero attached hydrogens (tertiary/aromatic N) is 2. The summed E-state index contributed by atoms with van der Waals surface area (Å²) in [6, 6.07) is 10.4. The van der Waals surface area contributed by atoms with Crippen molar-refractivity contribution in [2.24, 2.45) is 11.8 Å². The number of likely N-dealkylation sites (N-methyl/N-ethyl adjacent to an activating group) is 1. The zero-order valence-corrected chi connectivity index (χ0v) is 16.8. The molecule has 6 heteroatoms. The van der Waals surface area contributed by atoms with Crippen molar-refractivity contribution in [2.45, 2.75) is 38.6 Å². The fourth-order valence-corrected chi connectivity index (χ4v) is 3.84. The molecule has 0 unspecified atom stereocenters. The molecule has 1 heterocycles. The van der Waals surface area contributed by atoms with Gasteiger partial charge in [-0.1, -0.05) is 18.2 Å². The van der Waals surface area contributed by atoms with Gasteiger partial charge in [-0.3, -0.25) is 14.6 Å². The average Bonchev–Trinajstić information content (AvgIpc) is 2.77. The van der Waals surface area contributed by atoms with Gasteiger partial charge in [0.2, 0.25) is 11.8 Å². The lowest BCUT2D eigenvalue weighted by atomic mass is 9.81. The molecular formula is C23H28FN3O2. The molecule has 0 saturated heterocycles. The Morgan fingerprint density at radius 2 is 1.72 bits per heavy atom. The van der Waals surface area contributed by atoms with Crippen LogP contribution in [0.5, 0.6) is 0 Å². The van der Waals surface area contributed by atoms with Crippen molar-refractivity contribution < 1.29 is 14.0 Å². The normalized spacial score (nSPS) is 18.8. The Hall–Kier alpha value is -2.76. The highest BCUT2D eigenvalue weighted by atomic mass is 19.1. The number of amides is 2. The molecule has 0 aliphatic heterocycles. The number of hydrogen-bond acceptors (Lipinski definition) is 3. The number of halogens is 1. The quantitative estimate of drug-likeness (QED) is 0.779. The van der Waals surface area contributed by atoms with Crippen LogP contribution in [0, 0.1) is 17.7 Å². The summed E-state index contributed by atoms with van der Waals surface area (Å²) in [6.07, 6.45) is 7.14. The molecule has 1 N–H and O–H groups in total. The second-order valence-corrected chi connectivity index (χ2v) is 7.72. The number of rotatable bonds is 7. The summed E-state index contributed by atoms with van der Waals surface area (Å²) >= 11 is 0. The lowest BCUT2D eigenvalue weighted by Gasteiger charge is -2.30. The topological polar surface area (TPSA) is 62.3 Å². The van der Waals surface area contributed by atoms with Crippen molar-refractivity contribution in [1.29, 1.82) is 0 Å². The molecule has 1 aliphatic carbocycles. The van der Waals surface area contributed by atoms with Crippen molar-refractivity contribution in [3.63, 3.8) is 0 Å². The van der Waals surface area contributed by atoms with E-state index in [-0.39, 0.29) is 36.0 Å². The smallest absolute Gasteiger partial charge is 0.225 e. The van der Waals surface area contributed by atoms with Crippen LogP contribution in [0.25, 0.3) is 0 Å². The molecule has 0 radical (unpaired) electrons. The largest absolute Gasteiger partial charge is 0.352 e. The van der Waals surface area contributed by atoms with E-state index in [1.165, 1.54) is 6.07 Å². The van der Waals surface area contributed by atoms with Crippen LogP contribution in [0.15, 0.2) is 48.8 Å². The lowest BCUT2D eigenvalue weighted by molar-refractivity contribution is -0.137. The highest BCUT2D eigenvalue weighted by Crippen LogP contribution is 2.30. The molecule has 1 saturated carbocycles. The predicted molar refractivity (Wildman–Crippen MR) is 109 cm³/mol. The van der Waals surface area contributed by atoms with Crippen molar-refractivity contribution in [3.8, 4) is 0 Å². The maximum absolute atomic E-state index is 13.7. The summed E-state index contributed by atoms with van der Waals surface area (Å²) < 4.78 is 13.7. The van der Waals surface area contributed by atoms with Crippen LogP contribution in [0.4, 0.5) is 4.39 Å².